The van der Waals surface area contributed by atoms with Crippen LogP contribution in [0.5, 0.6) is 23.0 Å². The molecule has 0 spiro atoms. The molecule has 2 N–H and O–H groups in total. The number of para-hydroxylation sites is 2. The van der Waals surface area contributed by atoms with Crippen LogP contribution >= 0.6 is 0 Å². The molecule has 0 aliphatic carbocycles. The average molecular weight is 426 g/mol. The van der Waals surface area contributed by atoms with E-state index in [4.69, 9.17) is 9.47 Å². The standard InChI is InChI=1S/C26H22N2O4/c1-31-23-11-5-9-19(25(23)29)15-27-21-13-17-7-3-4-8-18(17)14-22(21)28-16-20-10-6-12-24(32-2)26(20)30/h3-16,29-30H,1-2H3/b27-15+,28-16+. The molecule has 0 atom stereocenters. The summed E-state index contributed by atoms with van der Waals surface area (Å²) in [5.74, 6) is 0.787. The zero-order chi connectivity index (χ0) is 22.5. The van der Waals surface area contributed by atoms with E-state index in [2.05, 4.69) is 9.98 Å². The van der Waals surface area contributed by atoms with Crippen LogP contribution in [-0.2, 0) is 0 Å². The number of phenols is 2. The lowest BCUT2D eigenvalue weighted by Gasteiger charge is -2.07. The van der Waals surface area contributed by atoms with Gasteiger partial charge in [0.2, 0.25) is 0 Å². The Kier molecular flexibility index (Phi) is 6.03. The number of hydrogen-bond acceptors (Lipinski definition) is 6. The van der Waals surface area contributed by atoms with Crippen LogP contribution in [0, 0.1) is 0 Å². The van der Waals surface area contributed by atoms with Crippen molar-refractivity contribution >= 4 is 34.6 Å². The molecular weight excluding hydrogens is 404 g/mol. The monoisotopic (exact) mass is 426 g/mol. The second-order valence-corrected chi connectivity index (χ2v) is 7.00. The number of methoxy groups -OCH3 is 2. The van der Waals surface area contributed by atoms with E-state index >= 15 is 0 Å². The molecule has 6 nitrogen and oxygen atoms in total. The predicted octanol–water partition coefficient (Wildman–Crippen LogP) is 5.77. The smallest absolute Gasteiger partial charge is 0.166 e. The fraction of sp³-hybridized carbons (Fsp3) is 0.0769. The van der Waals surface area contributed by atoms with Crippen molar-refractivity contribution in [3.8, 4) is 23.0 Å². The van der Waals surface area contributed by atoms with Gasteiger partial charge >= 0.3 is 0 Å². The molecule has 0 aliphatic rings. The van der Waals surface area contributed by atoms with Crippen LogP contribution in [0.15, 0.2) is 82.8 Å². The van der Waals surface area contributed by atoms with Crippen molar-refractivity contribution in [1.82, 2.24) is 0 Å². The second kappa shape index (κ2) is 9.22. The molecule has 0 fully saturated rings. The van der Waals surface area contributed by atoms with Gasteiger partial charge in [-0.15, -0.1) is 0 Å². The first kappa shape index (κ1) is 20.9. The predicted molar refractivity (Wildman–Crippen MR) is 128 cm³/mol. The molecule has 4 aromatic rings. The van der Waals surface area contributed by atoms with Crippen molar-refractivity contribution in [2.75, 3.05) is 14.2 Å². The zero-order valence-corrected chi connectivity index (χ0v) is 17.7. The minimum Gasteiger partial charge on any atom is -0.504 e. The van der Waals surface area contributed by atoms with Gasteiger partial charge in [0.1, 0.15) is 0 Å². The van der Waals surface area contributed by atoms with Gasteiger partial charge in [0, 0.05) is 23.6 Å². The SMILES string of the molecule is COc1cccc(/C=N/c2cc3ccccc3cc2/N=C/c2cccc(OC)c2O)c1O. The number of aliphatic imine (C=N–C) groups is 2. The third-order valence-corrected chi connectivity index (χ3v) is 5.03. The summed E-state index contributed by atoms with van der Waals surface area (Å²) >= 11 is 0. The highest BCUT2D eigenvalue weighted by atomic mass is 16.5. The Balaban J connectivity index is 1.78. The molecule has 0 amide bonds. The Morgan fingerprint density at radius 1 is 0.625 bits per heavy atom. The Hall–Kier alpha value is -4.32. The van der Waals surface area contributed by atoms with E-state index in [0.717, 1.165) is 10.8 Å². The number of fused-ring (bicyclic) bond motifs is 1. The first-order chi connectivity index (χ1) is 15.6. The van der Waals surface area contributed by atoms with Crippen LogP contribution in [0.3, 0.4) is 0 Å². The van der Waals surface area contributed by atoms with Crippen molar-refractivity contribution in [2.45, 2.75) is 0 Å². The van der Waals surface area contributed by atoms with Crippen LogP contribution in [0.25, 0.3) is 10.8 Å². The summed E-state index contributed by atoms with van der Waals surface area (Å²) in [6, 6.07) is 22.2. The van der Waals surface area contributed by atoms with E-state index in [0.29, 0.717) is 34.0 Å². The molecule has 0 bridgehead atoms. The van der Waals surface area contributed by atoms with Gasteiger partial charge in [-0.05, 0) is 47.2 Å². The third-order valence-electron chi connectivity index (χ3n) is 5.03. The van der Waals surface area contributed by atoms with Crippen molar-refractivity contribution in [3.63, 3.8) is 0 Å². The molecule has 0 saturated heterocycles. The number of ether oxygens (including phenoxy) is 2. The largest absolute Gasteiger partial charge is 0.504 e. The molecule has 0 radical (unpaired) electrons. The van der Waals surface area contributed by atoms with Gasteiger partial charge in [0.15, 0.2) is 23.0 Å². The molecule has 4 rings (SSSR count). The van der Waals surface area contributed by atoms with E-state index in [1.165, 1.54) is 14.2 Å². The van der Waals surface area contributed by atoms with E-state index in [1.54, 1.807) is 48.8 Å². The number of hydrogen-bond donors (Lipinski definition) is 2. The van der Waals surface area contributed by atoms with Gasteiger partial charge < -0.3 is 19.7 Å². The summed E-state index contributed by atoms with van der Waals surface area (Å²) in [5.41, 5.74) is 2.28. The summed E-state index contributed by atoms with van der Waals surface area (Å²) in [5, 5.41) is 22.7. The van der Waals surface area contributed by atoms with Gasteiger partial charge in [0.05, 0.1) is 25.6 Å². The van der Waals surface area contributed by atoms with E-state index in [1.807, 2.05) is 36.4 Å². The summed E-state index contributed by atoms with van der Waals surface area (Å²) in [7, 11) is 3.00. The van der Waals surface area contributed by atoms with Crippen LogP contribution in [0.1, 0.15) is 11.1 Å². The van der Waals surface area contributed by atoms with Crippen LogP contribution in [-0.4, -0.2) is 36.9 Å². The zero-order valence-electron chi connectivity index (χ0n) is 17.7. The number of rotatable bonds is 6. The number of phenolic OH excluding ortho intramolecular Hbond substituents is 2. The van der Waals surface area contributed by atoms with Crippen LogP contribution in [0.4, 0.5) is 11.4 Å². The highest BCUT2D eigenvalue weighted by Gasteiger charge is 2.08. The number of aromatic hydroxyl groups is 2. The van der Waals surface area contributed by atoms with Gasteiger partial charge in [-0.3, -0.25) is 9.98 Å². The highest BCUT2D eigenvalue weighted by molar-refractivity contribution is 5.96. The normalized spacial score (nSPS) is 11.4. The molecular formula is C26H22N2O4. The van der Waals surface area contributed by atoms with Crippen LogP contribution < -0.4 is 9.47 Å². The van der Waals surface area contributed by atoms with Crippen molar-refractivity contribution in [3.05, 3.63) is 83.9 Å². The highest BCUT2D eigenvalue weighted by Crippen LogP contribution is 2.35. The van der Waals surface area contributed by atoms with Crippen molar-refractivity contribution in [1.29, 1.82) is 0 Å². The Morgan fingerprint density at radius 2 is 1.06 bits per heavy atom. The van der Waals surface area contributed by atoms with Crippen LogP contribution in [0.2, 0.25) is 0 Å². The second-order valence-electron chi connectivity index (χ2n) is 7.00. The fourth-order valence-electron chi connectivity index (χ4n) is 3.32. The first-order valence-electron chi connectivity index (χ1n) is 9.93. The molecule has 0 aliphatic heterocycles. The topological polar surface area (TPSA) is 83.6 Å². The lowest BCUT2D eigenvalue weighted by Crippen LogP contribution is -1.89. The minimum atomic E-state index is 0.0193. The Bertz CT molecular complexity index is 1230. The van der Waals surface area contributed by atoms with Crippen molar-refractivity contribution in [2.24, 2.45) is 9.98 Å². The maximum Gasteiger partial charge on any atom is 0.166 e. The van der Waals surface area contributed by atoms with E-state index in [-0.39, 0.29) is 11.5 Å². The van der Waals surface area contributed by atoms with E-state index < -0.39 is 0 Å². The molecule has 0 saturated carbocycles. The molecule has 6 heteroatoms. The minimum absolute atomic E-state index is 0.0193. The first-order valence-corrected chi connectivity index (χ1v) is 9.93. The quantitative estimate of drug-likeness (QED) is 0.384. The van der Waals surface area contributed by atoms with E-state index in [9.17, 15) is 10.2 Å². The van der Waals surface area contributed by atoms with Crippen molar-refractivity contribution < 1.29 is 19.7 Å². The molecule has 4 aromatic carbocycles. The summed E-state index contributed by atoms with van der Waals surface area (Å²) in [6.45, 7) is 0. The van der Waals surface area contributed by atoms with Gasteiger partial charge in [0.25, 0.3) is 0 Å². The summed E-state index contributed by atoms with van der Waals surface area (Å²) < 4.78 is 10.3. The third kappa shape index (κ3) is 4.25. The fourth-order valence-corrected chi connectivity index (χ4v) is 3.32. The maximum absolute atomic E-state index is 10.4. The van der Waals surface area contributed by atoms with Gasteiger partial charge in [-0.2, -0.15) is 0 Å². The molecule has 0 unspecified atom stereocenters. The average Bonchev–Trinajstić information content (AvgIpc) is 2.82. The van der Waals surface area contributed by atoms with Gasteiger partial charge in [-0.1, -0.05) is 36.4 Å². The molecule has 0 heterocycles. The van der Waals surface area contributed by atoms with Gasteiger partial charge in [-0.25, -0.2) is 0 Å². The molecule has 0 aromatic heterocycles. The molecule has 160 valence electrons. The molecule has 32 heavy (non-hydrogen) atoms. The summed E-state index contributed by atoms with van der Waals surface area (Å²) in [4.78, 5) is 9.18. The lowest BCUT2D eigenvalue weighted by molar-refractivity contribution is 0.373. The number of nitrogens with zero attached hydrogens (tertiary/aromatic N) is 2. The Morgan fingerprint density at radius 3 is 1.47 bits per heavy atom. The Labute approximate surface area is 185 Å². The maximum atomic E-state index is 10.4. The number of benzene rings is 4. The lowest BCUT2D eigenvalue weighted by atomic mass is 10.1. The summed E-state index contributed by atoms with van der Waals surface area (Å²) in [6.07, 6.45) is 3.15.